The van der Waals surface area contributed by atoms with Crippen molar-refractivity contribution in [3.05, 3.63) is 66.4 Å². The number of allylic oxidation sites excluding steroid dienone is 3. The summed E-state index contributed by atoms with van der Waals surface area (Å²) in [5, 5.41) is 11.3. The van der Waals surface area contributed by atoms with Gasteiger partial charge in [0.15, 0.2) is 5.82 Å². The summed E-state index contributed by atoms with van der Waals surface area (Å²) < 4.78 is 45.1. The third-order valence-corrected chi connectivity index (χ3v) is 5.32. The maximum atomic E-state index is 13.1. The SMILES string of the molecule is Nc1cc(Oc2ccc(-c3nc(NC4=CC(C(F)(F)F)CC=C4)n[nH]3)c3ccccc23)nc(N)n1. The topological polar surface area (TPSA) is 141 Å². The lowest BCUT2D eigenvalue weighted by Crippen LogP contribution is -2.23. The summed E-state index contributed by atoms with van der Waals surface area (Å²) in [5.41, 5.74) is 12.4. The molecule has 0 saturated heterocycles. The fraction of sp³-hybridized carbons (Fsp3) is 0.130. The summed E-state index contributed by atoms with van der Waals surface area (Å²) in [7, 11) is 0. The number of anilines is 3. The van der Waals surface area contributed by atoms with Crippen molar-refractivity contribution in [1.29, 1.82) is 0 Å². The number of halogens is 3. The number of rotatable bonds is 5. The van der Waals surface area contributed by atoms with E-state index in [0.717, 1.165) is 22.4 Å². The summed E-state index contributed by atoms with van der Waals surface area (Å²) in [5.74, 6) is -0.0915. The second-order valence-corrected chi connectivity index (χ2v) is 7.79. The molecular formula is C23H19F3N8O. The van der Waals surface area contributed by atoms with Crippen LogP contribution >= 0.6 is 0 Å². The fourth-order valence-corrected chi connectivity index (χ4v) is 3.75. The normalized spacial score (nSPS) is 15.7. The molecule has 1 unspecified atom stereocenters. The number of alkyl halides is 3. The lowest BCUT2D eigenvalue weighted by atomic mass is 9.99. The van der Waals surface area contributed by atoms with Gasteiger partial charge in [-0.2, -0.15) is 28.1 Å². The Labute approximate surface area is 196 Å². The van der Waals surface area contributed by atoms with Gasteiger partial charge in [-0.15, -0.1) is 5.10 Å². The molecule has 5 rings (SSSR count). The third kappa shape index (κ3) is 4.71. The number of H-pyrrole nitrogens is 1. The van der Waals surface area contributed by atoms with Gasteiger partial charge in [0.1, 0.15) is 11.6 Å². The smallest absolute Gasteiger partial charge is 0.395 e. The number of hydrogen-bond acceptors (Lipinski definition) is 8. The highest BCUT2D eigenvalue weighted by atomic mass is 19.4. The van der Waals surface area contributed by atoms with E-state index in [9.17, 15) is 13.2 Å². The molecule has 2 aromatic heterocycles. The van der Waals surface area contributed by atoms with Gasteiger partial charge in [-0.25, -0.2) is 0 Å². The van der Waals surface area contributed by atoms with E-state index in [1.807, 2.05) is 24.3 Å². The Morgan fingerprint density at radius 1 is 1.03 bits per heavy atom. The van der Waals surface area contributed by atoms with Gasteiger partial charge in [-0.05, 0) is 36.1 Å². The monoisotopic (exact) mass is 480 g/mol. The molecule has 2 heterocycles. The van der Waals surface area contributed by atoms with Crippen molar-refractivity contribution in [2.24, 2.45) is 5.92 Å². The molecule has 0 bridgehead atoms. The molecule has 35 heavy (non-hydrogen) atoms. The van der Waals surface area contributed by atoms with E-state index in [2.05, 4.69) is 30.5 Å². The zero-order valence-corrected chi connectivity index (χ0v) is 18.0. The minimum atomic E-state index is -4.31. The van der Waals surface area contributed by atoms with Gasteiger partial charge in [0.25, 0.3) is 0 Å². The molecular weight excluding hydrogens is 461 g/mol. The first-order valence-electron chi connectivity index (χ1n) is 10.5. The number of benzene rings is 2. The zero-order valence-electron chi connectivity index (χ0n) is 18.0. The Balaban J connectivity index is 1.44. The second kappa shape index (κ2) is 8.63. The van der Waals surface area contributed by atoms with Gasteiger partial charge in [0.2, 0.25) is 17.8 Å². The van der Waals surface area contributed by atoms with Crippen LogP contribution in [0.4, 0.5) is 30.9 Å². The summed E-state index contributed by atoms with van der Waals surface area (Å²) in [6, 6.07) is 12.5. The lowest BCUT2D eigenvalue weighted by Gasteiger charge is -2.19. The van der Waals surface area contributed by atoms with Crippen molar-refractivity contribution in [1.82, 2.24) is 25.1 Å². The van der Waals surface area contributed by atoms with E-state index < -0.39 is 12.1 Å². The maximum Gasteiger partial charge on any atom is 0.395 e. The Kier molecular flexibility index (Phi) is 5.47. The number of nitrogens with zero attached hydrogens (tertiary/aromatic N) is 4. The first kappa shape index (κ1) is 22.2. The molecule has 0 fully saturated rings. The maximum absolute atomic E-state index is 13.1. The molecule has 4 aromatic rings. The van der Waals surface area contributed by atoms with Crippen LogP contribution in [-0.4, -0.2) is 31.3 Å². The van der Waals surface area contributed by atoms with Gasteiger partial charge in [-0.3, -0.25) is 5.10 Å². The van der Waals surface area contributed by atoms with Crippen LogP contribution < -0.4 is 21.5 Å². The van der Waals surface area contributed by atoms with Crippen LogP contribution in [0.3, 0.4) is 0 Å². The summed E-state index contributed by atoms with van der Waals surface area (Å²) in [4.78, 5) is 12.3. The zero-order chi connectivity index (χ0) is 24.6. The summed E-state index contributed by atoms with van der Waals surface area (Å²) >= 11 is 0. The molecule has 0 aliphatic heterocycles. The Morgan fingerprint density at radius 3 is 2.60 bits per heavy atom. The molecule has 1 aliphatic carbocycles. The quantitative estimate of drug-likeness (QED) is 0.319. The average Bonchev–Trinajstić information content (AvgIpc) is 3.26. The number of aromatic nitrogens is 5. The van der Waals surface area contributed by atoms with E-state index in [4.69, 9.17) is 16.2 Å². The standard InChI is InChI=1S/C23H19F3N8O/c24-23(25,26)12-4-3-5-13(10-12)29-22-32-20(33-34-22)16-8-9-17(15-7-2-1-6-14(15)16)35-19-11-18(27)30-21(28)31-19/h1-3,5-12H,4H2,(H4,27,28,30,31)(H2,29,32,33,34). The molecule has 6 N–H and O–H groups in total. The average molecular weight is 480 g/mol. The predicted molar refractivity (Wildman–Crippen MR) is 125 cm³/mol. The molecule has 1 aliphatic rings. The van der Waals surface area contributed by atoms with Crippen molar-refractivity contribution >= 4 is 28.5 Å². The number of nitrogens with one attached hydrogen (secondary N) is 2. The van der Waals surface area contributed by atoms with Crippen molar-refractivity contribution < 1.29 is 17.9 Å². The fourth-order valence-electron chi connectivity index (χ4n) is 3.75. The minimum absolute atomic E-state index is 0.00732. The van der Waals surface area contributed by atoms with E-state index >= 15 is 0 Å². The summed E-state index contributed by atoms with van der Waals surface area (Å²) in [6.45, 7) is 0. The second-order valence-electron chi connectivity index (χ2n) is 7.79. The van der Waals surface area contributed by atoms with Crippen molar-refractivity contribution in [3.8, 4) is 23.0 Å². The van der Waals surface area contributed by atoms with Gasteiger partial charge in [0, 0.05) is 22.7 Å². The van der Waals surface area contributed by atoms with Crippen LogP contribution in [0.5, 0.6) is 11.6 Å². The van der Waals surface area contributed by atoms with Crippen molar-refractivity contribution in [2.45, 2.75) is 12.6 Å². The summed E-state index contributed by atoms with van der Waals surface area (Å²) in [6.07, 6.45) is -0.230. The highest BCUT2D eigenvalue weighted by Crippen LogP contribution is 2.36. The van der Waals surface area contributed by atoms with E-state index in [0.29, 0.717) is 11.6 Å². The number of hydrogen-bond donors (Lipinski definition) is 4. The predicted octanol–water partition coefficient (Wildman–Crippen LogP) is 4.81. The molecule has 0 radical (unpaired) electrons. The van der Waals surface area contributed by atoms with Crippen LogP contribution in [0, 0.1) is 5.92 Å². The van der Waals surface area contributed by atoms with Crippen LogP contribution in [-0.2, 0) is 0 Å². The molecule has 12 heteroatoms. The highest BCUT2D eigenvalue weighted by molar-refractivity contribution is 5.99. The minimum Gasteiger partial charge on any atom is -0.438 e. The van der Waals surface area contributed by atoms with E-state index in [-0.39, 0.29) is 35.7 Å². The molecule has 2 aromatic carbocycles. The van der Waals surface area contributed by atoms with Crippen LogP contribution in [0.15, 0.2) is 66.4 Å². The van der Waals surface area contributed by atoms with Gasteiger partial charge >= 0.3 is 6.18 Å². The van der Waals surface area contributed by atoms with Gasteiger partial charge < -0.3 is 21.5 Å². The molecule has 1 atom stereocenters. The Bertz CT molecular complexity index is 1440. The molecule has 0 amide bonds. The van der Waals surface area contributed by atoms with Gasteiger partial charge in [-0.1, -0.05) is 30.3 Å². The molecule has 9 nitrogen and oxygen atoms in total. The highest BCUT2D eigenvalue weighted by Gasteiger charge is 2.38. The van der Waals surface area contributed by atoms with E-state index in [1.54, 1.807) is 18.2 Å². The Morgan fingerprint density at radius 2 is 1.83 bits per heavy atom. The molecule has 178 valence electrons. The lowest BCUT2D eigenvalue weighted by molar-refractivity contribution is -0.160. The van der Waals surface area contributed by atoms with Crippen LogP contribution in [0.1, 0.15) is 6.42 Å². The Hall–Kier alpha value is -4.61. The number of nitrogens with two attached hydrogens (primary N) is 2. The molecule has 0 spiro atoms. The van der Waals surface area contributed by atoms with Crippen molar-refractivity contribution in [2.75, 3.05) is 16.8 Å². The van der Waals surface area contributed by atoms with E-state index in [1.165, 1.54) is 12.1 Å². The number of fused-ring (bicyclic) bond motifs is 1. The first-order chi connectivity index (χ1) is 16.8. The molecule has 0 saturated carbocycles. The van der Waals surface area contributed by atoms with Crippen LogP contribution in [0.25, 0.3) is 22.2 Å². The number of ether oxygens (including phenoxy) is 1. The van der Waals surface area contributed by atoms with Crippen LogP contribution in [0.2, 0.25) is 0 Å². The van der Waals surface area contributed by atoms with Gasteiger partial charge in [0.05, 0.1) is 5.92 Å². The largest absolute Gasteiger partial charge is 0.438 e. The first-order valence-corrected chi connectivity index (χ1v) is 10.5. The number of aromatic amines is 1. The van der Waals surface area contributed by atoms with Crippen molar-refractivity contribution in [3.63, 3.8) is 0 Å². The third-order valence-electron chi connectivity index (χ3n) is 5.32. The number of nitrogen functional groups attached to an aromatic ring is 2.